The van der Waals surface area contributed by atoms with Crippen LogP contribution >= 0.6 is 0 Å². The SMILES string of the molecule is CC1(C)COc2ccc(C(=O)NC3CCCCC3)cc2OC1. The van der Waals surface area contributed by atoms with Gasteiger partial charge in [-0.25, -0.2) is 0 Å². The van der Waals surface area contributed by atoms with Gasteiger partial charge in [0.25, 0.3) is 5.91 Å². The van der Waals surface area contributed by atoms with Crippen LogP contribution < -0.4 is 14.8 Å². The number of carbonyl (C=O) groups excluding carboxylic acids is 1. The van der Waals surface area contributed by atoms with Crippen molar-refractivity contribution in [3.05, 3.63) is 23.8 Å². The molecule has 0 saturated heterocycles. The van der Waals surface area contributed by atoms with Gasteiger partial charge in [0.05, 0.1) is 13.2 Å². The van der Waals surface area contributed by atoms with E-state index in [9.17, 15) is 4.79 Å². The van der Waals surface area contributed by atoms with E-state index >= 15 is 0 Å². The smallest absolute Gasteiger partial charge is 0.251 e. The summed E-state index contributed by atoms with van der Waals surface area (Å²) in [7, 11) is 0. The molecule has 4 heteroatoms. The Labute approximate surface area is 132 Å². The lowest BCUT2D eigenvalue weighted by Crippen LogP contribution is -2.36. The summed E-state index contributed by atoms with van der Waals surface area (Å²) in [5, 5.41) is 3.14. The minimum atomic E-state index is -0.0243. The molecule has 1 N–H and O–H groups in total. The highest BCUT2D eigenvalue weighted by atomic mass is 16.5. The highest BCUT2D eigenvalue weighted by Gasteiger charge is 2.26. The minimum absolute atomic E-state index is 0.0122. The highest BCUT2D eigenvalue weighted by molar-refractivity contribution is 5.95. The van der Waals surface area contributed by atoms with Gasteiger partial charge in [0, 0.05) is 17.0 Å². The fraction of sp³-hybridized carbons (Fsp3) is 0.611. The lowest BCUT2D eigenvalue weighted by atomic mass is 9.95. The van der Waals surface area contributed by atoms with Crippen LogP contribution in [-0.4, -0.2) is 25.2 Å². The lowest BCUT2D eigenvalue weighted by Gasteiger charge is -2.22. The van der Waals surface area contributed by atoms with Gasteiger partial charge < -0.3 is 14.8 Å². The molecule has 1 aliphatic heterocycles. The number of hydrogen-bond donors (Lipinski definition) is 1. The molecule has 0 radical (unpaired) electrons. The fourth-order valence-corrected chi connectivity index (χ4v) is 2.98. The maximum atomic E-state index is 12.4. The first-order chi connectivity index (χ1) is 10.5. The Kier molecular flexibility index (Phi) is 4.27. The van der Waals surface area contributed by atoms with E-state index in [1.165, 1.54) is 19.3 Å². The fourth-order valence-electron chi connectivity index (χ4n) is 2.98. The zero-order chi connectivity index (χ0) is 15.6. The first kappa shape index (κ1) is 15.2. The minimum Gasteiger partial charge on any atom is -0.489 e. The Hall–Kier alpha value is -1.71. The summed E-state index contributed by atoms with van der Waals surface area (Å²) in [6.07, 6.45) is 5.88. The zero-order valence-corrected chi connectivity index (χ0v) is 13.5. The maximum absolute atomic E-state index is 12.4. The van der Waals surface area contributed by atoms with Crippen LogP contribution in [0.3, 0.4) is 0 Å². The first-order valence-corrected chi connectivity index (χ1v) is 8.24. The molecule has 0 bridgehead atoms. The van der Waals surface area contributed by atoms with Crippen LogP contribution in [0.4, 0.5) is 0 Å². The van der Waals surface area contributed by atoms with E-state index < -0.39 is 0 Å². The summed E-state index contributed by atoms with van der Waals surface area (Å²) in [4.78, 5) is 12.4. The van der Waals surface area contributed by atoms with Crippen molar-refractivity contribution in [2.45, 2.75) is 52.0 Å². The van der Waals surface area contributed by atoms with Gasteiger partial charge in [0.2, 0.25) is 0 Å². The summed E-state index contributed by atoms with van der Waals surface area (Å²) >= 11 is 0. The number of amides is 1. The molecular weight excluding hydrogens is 278 g/mol. The summed E-state index contributed by atoms with van der Waals surface area (Å²) in [6.45, 7) is 5.42. The monoisotopic (exact) mass is 303 g/mol. The Bertz CT molecular complexity index is 547. The standard InChI is InChI=1S/C18H25NO3/c1-18(2)11-21-15-9-8-13(10-16(15)22-12-18)17(20)19-14-6-4-3-5-7-14/h8-10,14H,3-7,11-12H2,1-2H3,(H,19,20). The molecule has 0 spiro atoms. The third-order valence-corrected chi connectivity index (χ3v) is 4.38. The number of nitrogens with one attached hydrogen (secondary N) is 1. The Balaban J connectivity index is 1.70. The van der Waals surface area contributed by atoms with Crippen molar-refractivity contribution in [1.82, 2.24) is 5.32 Å². The van der Waals surface area contributed by atoms with E-state index in [0.29, 0.717) is 30.6 Å². The number of ether oxygens (including phenoxy) is 2. The predicted octanol–water partition coefficient (Wildman–Crippen LogP) is 3.55. The lowest BCUT2D eigenvalue weighted by molar-refractivity contribution is 0.0927. The number of carbonyl (C=O) groups is 1. The van der Waals surface area contributed by atoms with Crippen molar-refractivity contribution in [3.8, 4) is 11.5 Å². The normalized spacial score (nSPS) is 21.0. The van der Waals surface area contributed by atoms with Crippen LogP contribution in [0, 0.1) is 5.41 Å². The second-order valence-electron chi connectivity index (χ2n) is 7.21. The van der Waals surface area contributed by atoms with Gasteiger partial charge >= 0.3 is 0 Å². The third-order valence-electron chi connectivity index (χ3n) is 4.38. The second kappa shape index (κ2) is 6.19. The van der Waals surface area contributed by atoms with Crippen LogP contribution in [0.25, 0.3) is 0 Å². The summed E-state index contributed by atoms with van der Waals surface area (Å²) in [6, 6.07) is 5.77. The molecule has 0 atom stereocenters. The van der Waals surface area contributed by atoms with E-state index in [1.807, 2.05) is 12.1 Å². The molecule has 22 heavy (non-hydrogen) atoms. The van der Waals surface area contributed by atoms with Gasteiger partial charge in [-0.15, -0.1) is 0 Å². The Morgan fingerprint density at radius 3 is 2.50 bits per heavy atom. The van der Waals surface area contributed by atoms with Crippen LogP contribution in [0.1, 0.15) is 56.3 Å². The molecule has 1 saturated carbocycles. The third kappa shape index (κ3) is 3.54. The topological polar surface area (TPSA) is 47.6 Å². The van der Waals surface area contributed by atoms with Crippen LogP contribution in [0.5, 0.6) is 11.5 Å². The molecule has 2 aliphatic rings. The molecule has 4 nitrogen and oxygen atoms in total. The van der Waals surface area contributed by atoms with Gasteiger partial charge in [0.1, 0.15) is 0 Å². The Morgan fingerprint density at radius 1 is 1.09 bits per heavy atom. The average Bonchev–Trinajstić information content (AvgIpc) is 2.67. The van der Waals surface area contributed by atoms with Crippen molar-refractivity contribution in [2.24, 2.45) is 5.41 Å². The van der Waals surface area contributed by atoms with Gasteiger partial charge in [-0.05, 0) is 31.0 Å². The second-order valence-corrected chi connectivity index (χ2v) is 7.21. The molecule has 1 aliphatic carbocycles. The molecule has 1 aromatic rings. The van der Waals surface area contributed by atoms with E-state index in [1.54, 1.807) is 6.07 Å². The molecule has 1 aromatic carbocycles. The Morgan fingerprint density at radius 2 is 1.77 bits per heavy atom. The van der Waals surface area contributed by atoms with Crippen molar-refractivity contribution in [2.75, 3.05) is 13.2 Å². The molecule has 3 rings (SSSR count). The van der Waals surface area contributed by atoms with Crippen LogP contribution in [-0.2, 0) is 0 Å². The van der Waals surface area contributed by atoms with E-state index in [0.717, 1.165) is 18.6 Å². The molecule has 0 aromatic heterocycles. The molecule has 1 fully saturated rings. The van der Waals surface area contributed by atoms with Gasteiger partial charge in [-0.2, -0.15) is 0 Å². The summed E-state index contributed by atoms with van der Waals surface area (Å²) in [5.74, 6) is 1.38. The van der Waals surface area contributed by atoms with E-state index in [4.69, 9.17) is 9.47 Å². The average molecular weight is 303 g/mol. The quantitative estimate of drug-likeness (QED) is 0.909. The van der Waals surface area contributed by atoms with Crippen LogP contribution in [0.15, 0.2) is 18.2 Å². The van der Waals surface area contributed by atoms with Crippen LogP contribution in [0.2, 0.25) is 0 Å². The van der Waals surface area contributed by atoms with Crippen molar-refractivity contribution in [1.29, 1.82) is 0 Å². The van der Waals surface area contributed by atoms with Crippen molar-refractivity contribution < 1.29 is 14.3 Å². The zero-order valence-electron chi connectivity index (χ0n) is 13.5. The summed E-state index contributed by atoms with van der Waals surface area (Å²) in [5.41, 5.74) is 0.622. The maximum Gasteiger partial charge on any atom is 0.251 e. The highest BCUT2D eigenvalue weighted by Crippen LogP contribution is 2.34. The van der Waals surface area contributed by atoms with Gasteiger partial charge in [-0.3, -0.25) is 4.79 Å². The molecule has 1 amide bonds. The van der Waals surface area contributed by atoms with Gasteiger partial charge in [-0.1, -0.05) is 33.1 Å². The number of fused-ring (bicyclic) bond motifs is 1. The first-order valence-electron chi connectivity index (χ1n) is 8.24. The number of hydrogen-bond acceptors (Lipinski definition) is 3. The van der Waals surface area contributed by atoms with E-state index in [-0.39, 0.29) is 11.3 Å². The largest absolute Gasteiger partial charge is 0.489 e. The summed E-state index contributed by atoms with van der Waals surface area (Å²) < 4.78 is 11.6. The molecule has 0 unspecified atom stereocenters. The van der Waals surface area contributed by atoms with Gasteiger partial charge in [0.15, 0.2) is 11.5 Å². The number of rotatable bonds is 2. The van der Waals surface area contributed by atoms with Crippen molar-refractivity contribution in [3.63, 3.8) is 0 Å². The van der Waals surface area contributed by atoms with Crippen molar-refractivity contribution >= 4 is 5.91 Å². The predicted molar refractivity (Wildman–Crippen MR) is 85.6 cm³/mol. The van der Waals surface area contributed by atoms with E-state index in [2.05, 4.69) is 19.2 Å². The number of benzene rings is 1. The molecular formula is C18H25NO3. The molecule has 120 valence electrons. The molecule has 1 heterocycles.